The summed E-state index contributed by atoms with van der Waals surface area (Å²) in [6.45, 7) is 3.25. The molecule has 1 aromatic heterocycles. The van der Waals surface area contributed by atoms with E-state index in [9.17, 15) is 4.79 Å². The quantitative estimate of drug-likeness (QED) is 0.890. The molecule has 1 N–H and O–H groups in total. The molecular weight excluding hydrogens is 314 g/mol. The smallest absolute Gasteiger partial charge is 0.257 e. The molecule has 2 aromatic rings. The van der Waals surface area contributed by atoms with Crippen LogP contribution in [0.15, 0.2) is 42.7 Å². The molecule has 0 bridgehead atoms. The second kappa shape index (κ2) is 8.01. The van der Waals surface area contributed by atoms with E-state index in [1.165, 1.54) is 19.3 Å². The van der Waals surface area contributed by atoms with Gasteiger partial charge in [0.25, 0.3) is 5.91 Å². The average molecular weight is 339 g/mol. The van der Waals surface area contributed by atoms with Crippen LogP contribution in [0.1, 0.15) is 43.0 Å². The summed E-state index contributed by atoms with van der Waals surface area (Å²) in [5.41, 5.74) is 2.35. The molecule has 5 heteroatoms. The molecule has 5 nitrogen and oxygen atoms in total. The zero-order valence-electron chi connectivity index (χ0n) is 14.9. The summed E-state index contributed by atoms with van der Waals surface area (Å²) in [4.78, 5) is 19.2. The van der Waals surface area contributed by atoms with Crippen molar-refractivity contribution in [2.24, 2.45) is 0 Å². The lowest BCUT2D eigenvalue weighted by atomic mass is 9.99. The van der Waals surface area contributed by atoms with Crippen molar-refractivity contribution in [2.45, 2.75) is 38.6 Å². The number of nitrogens with one attached hydrogen (secondary N) is 1. The van der Waals surface area contributed by atoms with Crippen molar-refractivity contribution in [1.82, 2.24) is 4.98 Å². The first-order chi connectivity index (χ1) is 12.2. The van der Waals surface area contributed by atoms with Crippen molar-refractivity contribution < 1.29 is 9.53 Å². The van der Waals surface area contributed by atoms with Gasteiger partial charge < -0.3 is 15.0 Å². The molecule has 2 heterocycles. The summed E-state index contributed by atoms with van der Waals surface area (Å²) in [6.07, 6.45) is 8.27. The Labute approximate surface area is 149 Å². The van der Waals surface area contributed by atoms with E-state index in [4.69, 9.17) is 4.74 Å². The highest BCUT2D eigenvalue weighted by Crippen LogP contribution is 2.26. The SMILES string of the molecule is CCC1CCCCN1c1cncc(C(=O)Nc2ccc(OC)cc2)c1. The fourth-order valence-electron chi connectivity index (χ4n) is 3.35. The predicted octanol–water partition coefficient (Wildman–Crippen LogP) is 4.11. The molecule has 1 amide bonds. The van der Waals surface area contributed by atoms with Gasteiger partial charge in [0.2, 0.25) is 0 Å². The minimum absolute atomic E-state index is 0.149. The van der Waals surface area contributed by atoms with Crippen LogP contribution in [0.2, 0.25) is 0 Å². The number of carbonyl (C=O) groups excluding carboxylic acids is 1. The fourth-order valence-corrected chi connectivity index (χ4v) is 3.35. The molecule has 1 aliphatic heterocycles. The van der Waals surface area contributed by atoms with Gasteiger partial charge in [-0.15, -0.1) is 0 Å². The summed E-state index contributed by atoms with van der Waals surface area (Å²) >= 11 is 0. The lowest BCUT2D eigenvalue weighted by Gasteiger charge is -2.37. The van der Waals surface area contributed by atoms with Crippen molar-refractivity contribution in [3.63, 3.8) is 0 Å². The number of benzene rings is 1. The van der Waals surface area contributed by atoms with Crippen LogP contribution in [-0.2, 0) is 0 Å². The van der Waals surface area contributed by atoms with Gasteiger partial charge in [-0.05, 0) is 56.0 Å². The Bertz CT molecular complexity index is 715. The normalized spacial score (nSPS) is 17.2. The van der Waals surface area contributed by atoms with Crippen LogP contribution >= 0.6 is 0 Å². The maximum atomic E-state index is 12.6. The van der Waals surface area contributed by atoms with Crippen molar-refractivity contribution in [3.8, 4) is 5.75 Å². The van der Waals surface area contributed by atoms with Crippen LogP contribution in [0.4, 0.5) is 11.4 Å². The number of anilines is 2. The third kappa shape index (κ3) is 4.10. The van der Waals surface area contributed by atoms with E-state index in [1.807, 2.05) is 36.5 Å². The second-order valence-corrected chi connectivity index (χ2v) is 6.37. The van der Waals surface area contributed by atoms with Crippen molar-refractivity contribution in [3.05, 3.63) is 48.3 Å². The van der Waals surface area contributed by atoms with Gasteiger partial charge in [-0.25, -0.2) is 0 Å². The number of amides is 1. The summed E-state index contributed by atoms with van der Waals surface area (Å²) in [6, 6.07) is 9.78. The van der Waals surface area contributed by atoms with Crippen molar-refractivity contribution in [1.29, 1.82) is 0 Å². The molecule has 132 valence electrons. The molecule has 0 spiro atoms. The Hall–Kier alpha value is -2.56. The molecule has 1 fully saturated rings. The predicted molar refractivity (Wildman–Crippen MR) is 100 cm³/mol. The third-order valence-electron chi connectivity index (χ3n) is 4.76. The third-order valence-corrected chi connectivity index (χ3v) is 4.76. The van der Waals surface area contributed by atoms with E-state index < -0.39 is 0 Å². The van der Waals surface area contributed by atoms with E-state index in [0.717, 1.165) is 30.1 Å². The van der Waals surface area contributed by atoms with Gasteiger partial charge in [-0.3, -0.25) is 9.78 Å². The number of ether oxygens (including phenoxy) is 1. The van der Waals surface area contributed by atoms with Crippen LogP contribution in [0.3, 0.4) is 0 Å². The highest BCUT2D eigenvalue weighted by Gasteiger charge is 2.22. The van der Waals surface area contributed by atoms with Gasteiger partial charge >= 0.3 is 0 Å². The number of carbonyl (C=O) groups is 1. The molecule has 0 aliphatic carbocycles. The minimum atomic E-state index is -0.149. The molecule has 1 saturated heterocycles. The average Bonchev–Trinajstić information content (AvgIpc) is 2.68. The second-order valence-electron chi connectivity index (χ2n) is 6.37. The van der Waals surface area contributed by atoms with Crippen LogP contribution in [-0.4, -0.2) is 30.6 Å². The number of hydrogen-bond donors (Lipinski definition) is 1. The van der Waals surface area contributed by atoms with Gasteiger partial charge in [0, 0.05) is 24.5 Å². The van der Waals surface area contributed by atoms with Gasteiger partial charge in [-0.1, -0.05) is 6.92 Å². The standard InChI is InChI=1S/C20H25N3O2/c1-3-17-6-4-5-11-23(17)18-12-15(13-21-14-18)20(24)22-16-7-9-19(25-2)10-8-16/h7-10,12-14,17H,3-6,11H2,1-2H3,(H,22,24). The maximum Gasteiger partial charge on any atom is 0.257 e. The van der Waals surface area contributed by atoms with Crippen LogP contribution in [0, 0.1) is 0 Å². The Morgan fingerprint density at radius 2 is 2.08 bits per heavy atom. The number of hydrogen-bond acceptors (Lipinski definition) is 4. The Balaban J connectivity index is 1.74. The molecule has 3 rings (SSSR count). The molecule has 1 unspecified atom stereocenters. The lowest BCUT2D eigenvalue weighted by Crippen LogP contribution is -2.39. The topological polar surface area (TPSA) is 54.5 Å². The van der Waals surface area contributed by atoms with Gasteiger partial charge in [0.15, 0.2) is 0 Å². The van der Waals surface area contributed by atoms with Crippen LogP contribution in [0.5, 0.6) is 5.75 Å². The highest BCUT2D eigenvalue weighted by molar-refractivity contribution is 6.04. The molecule has 1 aliphatic rings. The van der Waals surface area contributed by atoms with E-state index >= 15 is 0 Å². The fraction of sp³-hybridized carbons (Fsp3) is 0.400. The lowest BCUT2D eigenvalue weighted by molar-refractivity contribution is 0.102. The van der Waals surface area contributed by atoms with Gasteiger partial charge in [0.1, 0.15) is 5.75 Å². The Morgan fingerprint density at radius 1 is 1.28 bits per heavy atom. The first-order valence-electron chi connectivity index (χ1n) is 8.88. The number of methoxy groups -OCH3 is 1. The van der Waals surface area contributed by atoms with Gasteiger partial charge in [-0.2, -0.15) is 0 Å². The van der Waals surface area contributed by atoms with E-state index in [0.29, 0.717) is 11.6 Å². The van der Waals surface area contributed by atoms with Crippen molar-refractivity contribution in [2.75, 3.05) is 23.9 Å². The highest BCUT2D eigenvalue weighted by atomic mass is 16.5. The molecule has 0 radical (unpaired) electrons. The molecule has 25 heavy (non-hydrogen) atoms. The maximum absolute atomic E-state index is 12.6. The van der Waals surface area contributed by atoms with Gasteiger partial charge in [0.05, 0.1) is 24.6 Å². The molecule has 1 aromatic carbocycles. The van der Waals surface area contributed by atoms with E-state index in [-0.39, 0.29) is 5.91 Å². The number of piperidine rings is 1. The van der Waals surface area contributed by atoms with Crippen LogP contribution < -0.4 is 15.0 Å². The summed E-state index contributed by atoms with van der Waals surface area (Å²) < 4.78 is 5.13. The van der Waals surface area contributed by atoms with Crippen LogP contribution in [0.25, 0.3) is 0 Å². The summed E-state index contributed by atoms with van der Waals surface area (Å²) in [5, 5.41) is 2.91. The minimum Gasteiger partial charge on any atom is -0.497 e. The first kappa shape index (κ1) is 17.3. The van der Waals surface area contributed by atoms with Crippen molar-refractivity contribution >= 4 is 17.3 Å². The summed E-state index contributed by atoms with van der Waals surface area (Å²) in [7, 11) is 1.62. The van der Waals surface area contributed by atoms with E-state index in [2.05, 4.69) is 22.1 Å². The monoisotopic (exact) mass is 339 g/mol. The molecular formula is C20H25N3O2. The van der Waals surface area contributed by atoms with E-state index in [1.54, 1.807) is 13.3 Å². The molecule has 0 saturated carbocycles. The largest absolute Gasteiger partial charge is 0.497 e. The Kier molecular flexibility index (Phi) is 5.53. The first-order valence-corrected chi connectivity index (χ1v) is 8.88. The number of pyridine rings is 1. The zero-order chi connectivity index (χ0) is 17.6. The summed E-state index contributed by atoms with van der Waals surface area (Å²) in [5.74, 6) is 0.613. The number of aromatic nitrogens is 1. The molecule has 1 atom stereocenters. The number of nitrogens with zero attached hydrogens (tertiary/aromatic N) is 2. The zero-order valence-corrected chi connectivity index (χ0v) is 14.9. The Morgan fingerprint density at radius 3 is 2.80 bits per heavy atom. The number of rotatable bonds is 5.